The minimum Gasteiger partial charge on any atom is -0.459 e. The Morgan fingerprint density at radius 1 is 1.08 bits per heavy atom. The van der Waals surface area contributed by atoms with Crippen LogP contribution in [0.3, 0.4) is 0 Å². The number of hydrogen-bond acceptors (Lipinski definition) is 4. The third-order valence-electron chi connectivity index (χ3n) is 3.82. The first-order valence-corrected chi connectivity index (χ1v) is 7.69. The molecule has 1 aromatic heterocycles. The summed E-state index contributed by atoms with van der Waals surface area (Å²) in [4.78, 5) is 24.0. The number of hydrogen-bond donors (Lipinski definition) is 3. The largest absolute Gasteiger partial charge is 0.459 e. The van der Waals surface area contributed by atoms with Crippen LogP contribution in [0.25, 0.3) is 0 Å². The molecule has 1 fully saturated rings. The van der Waals surface area contributed by atoms with Crippen molar-refractivity contribution in [2.75, 3.05) is 23.7 Å². The molecular formula is C17H20ClN3O3. The number of nitrogens with one attached hydrogen (secondary N) is 3. The Bertz CT molecular complexity index is 665. The molecule has 0 spiro atoms. The number of furan rings is 1. The maximum Gasteiger partial charge on any atom is 0.291 e. The van der Waals surface area contributed by atoms with Gasteiger partial charge in [0.25, 0.3) is 5.91 Å². The van der Waals surface area contributed by atoms with Gasteiger partial charge in [0.05, 0.1) is 12.2 Å². The molecule has 7 heteroatoms. The average Bonchev–Trinajstić information content (AvgIpc) is 3.12. The summed E-state index contributed by atoms with van der Waals surface area (Å²) in [6.45, 7) is 1.71. The van der Waals surface area contributed by atoms with Crippen LogP contribution in [0.1, 0.15) is 23.4 Å². The number of piperidine rings is 1. The fourth-order valence-electron chi connectivity index (χ4n) is 2.56. The van der Waals surface area contributed by atoms with Crippen molar-refractivity contribution >= 4 is 35.6 Å². The van der Waals surface area contributed by atoms with E-state index in [2.05, 4.69) is 16.0 Å². The zero-order chi connectivity index (χ0) is 16.1. The summed E-state index contributed by atoms with van der Waals surface area (Å²) < 4.78 is 5.04. The summed E-state index contributed by atoms with van der Waals surface area (Å²) in [6.07, 6.45) is 3.39. The molecule has 1 aromatic carbocycles. The van der Waals surface area contributed by atoms with Gasteiger partial charge in [0.2, 0.25) is 5.91 Å². The molecule has 128 valence electrons. The number of anilines is 2. The number of rotatable bonds is 4. The van der Waals surface area contributed by atoms with Gasteiger partial charge < -0.3 is 20.4 Å². The molecule has 0 saturated carbocycles. The molecule has 2 heterocycles. The predicted molar refractivity (Wildman–Crippen MR) is 94.6 cm³/mol. The lowest BCUT2D eigenvalue weighted by Crippen LogP contribution is -2.37. The Labute approximate surface area is 146 Å². The van der Waals surface area contributed by atoms with Crippen LogP contribution in [0.5, 0.6) is 0 Å². The lowest BCUT2D eigenvalue weighted by Gasteiger charge is -2.21. The minimum atomic E-state index is -0.305. The molecule has 3 rings (SSSR count). The van der Waals surface area contributed by atoms with Crippen molar-refractivity contribution in [3.8, 4) is 0 Å². The second kappa shape index (κ2) is 8.52. The minimum absolute atomic E-state index is 0. The molecule has 0 unspecified atom stereocenters. The Morgan fingerprint density at radius 2 is 1.79 bits per heavy atom. The van der Waals surface area contributed by atoms with Crippen molar-refractivity contribution in [2.24, 2.45) is 5.92 Å². The zero-order valence-electron chi connectivity index (χ0n) is 13.1. The second-order valence-corrected chi connectivity index (χ2v) is 5.54. The van der Waals surface area contributed by atoms with Crippen molar-refractivity contribution in [1.82, 2.24) is 5.32 Å². The van der Waals surface area contributed by atoms with Crippen LogP contribution in [0.2, 0.25) is 0 Å². The first-order valence-electron chi connectivity index (χ1n) is 7.69. The molecule has 1 aliphatic heterocycles. The highest BCUT2D eigenvalue weighted by atomic mass is 35.5. The number of halogens is 1. The van der Waals surface area contributed by atoms with Gasteiger partial charge in [-0.3, -0.25) is 9.59 Å². The van der Waals surface area contributed by atoms with Gasteiger partial charge in [0.1, 0.15) is 0 Å². The quantitative estimate of drug-likeness (QED) is 0.792. The molecule has 2 aromatic rings. The van der Waals surface area contributed by atoms with Gasteiger partial charge in [0.15, 0.2) is 5.76 Å². The molecule has 24 heavy (non-hydrogen) atoms. The summed E-state index contributed by atoms with van der Waals surface area (Å²) in [5.41, 5.74) is 1.36. The van der Waals surface area contributed by atoms with Crippen LogP contribution >= 0.6 is 12.4 Å². The topological polar surface area (TPSA) is 83.4 Å². The van der Waals surface area contributed by atoms with Crippen LogP contribution in [0.4, 0.5) is 11.4 Å². The Balaban J connectivity index is 0.00000208. The van der Waals surface area contributed by atoms with Crippen LogP contribution in [0.15, 0.2) is 47.1 Å². The first kappa shape index (κ1) is 18.0. The van der Waals surface area contributed by atoms with E-state index < -0.39 is 0 Å². The molecule has 1 atom stereocenters. The summed E-state index contributed by atoms with van der Waals surface area (Å²) in [5, 5.41) is 8.87. The Morgan fingerprint density at radius 3 is 2.38 bits per heavy atom. The van der Waals surface area contributed by atoms with Gasteiger partial charge in [-0.15, -0.1) is 12.4 Å². The van der Waals surface area contributed by atoms with E-state index >= 15 is 0 Å². The summed E-state index contributed by atoms with van der Waals surface area (Å²) >= 11 is 0. The third-order valence-corrected chi connectivity index (χ3v) is 3.82. The maximum atomic E-state index is 12.2. The van der Waals surface area contributed by atoms with E-state index in [1.165, 1.54) is 6.26 Å². The van der Waals surface area contributed by atoms with Crippen LogP contribution in [-0.4, -0.2) is 24.9 Å². The van der Waals surface area contributed by atoms with Gasteiger partial charge in [-0.1, -0.05) is 0 Å². The van der Waals surface area contributed by atoms with E-state index in [0.717, 1.165) is 31.6 Å². The number of carbonyl (C=O) groups is 2. The zero-order valence-corrected chi connectivity index (χ0v) is 13.9. The molecule has 0 radical (unpaired) electrons. The highest BCUT2D eigenvalue weighted by Gasteiger charge is 2.20. The van der Waals surface area contributed by atoms with E-state index in [-0.39, 0.29) is 35.9 Å². The van der Waals surface area contributed by atoms with E-state index in [1.54, 1.807) is 36.4 Å². The predicted octanol–water partition coefficient (Wildman–Crippen LogP) is 2.89. The highest BCUT2D eigenvalue weighted by molar-refractivity contribution is 6.02. The summed E-state index contributed by atoms with van der Waals surface area (Å²) in [5.74, 6) is -0.00102. The lowest BCUT2D eigenvalue weighted by atomic mass is 9.99. The molecule has 6 nitrogen and oxygen atoms in total. The molecule has 2 amide bonds. The Kier molecular flexibility index (Phi) is 6.40. The smallest absolute Gasteiger partial charge is 0.291 e. The number of carbonyl (C=O) groups excluding carboxylic acids is 2. The van der Waals surface area contributed by atoms with Crippen LogP contribution in [-0.2, 0) is 4.79 Å². The highest BCUT2D eigenvalue weighted by Crippen LogP contribution is 2.17. The molecule has 1 saturated heterocycles. The lowest BCUT2D eigenvalue weighted by molar-refractivity contribution is -0.120. The van der Waals surface area contributed by atoms with Gasteiger partial charge in [0, 0.05) is 17.9 Å². The van der Waals surface area contributed by atoms with Crippen molar-refractivity contribution in [3.05, 3.63) is 48.4 Å². The van der Waals surface area contributed by atoms with Crippen molar-refractivity contribution in [1.29, 1.82) is 0 Å². The van der Waals surface area contributed by atoms with Crippen molar-refractivity contribution in [2.45, 2.75) is 12.8 Å². The fraction of sp³-hybridized carbons (Fsp3) is 0.294. The van der Waals surface area contributed by atoms with Crippen molar-refractivity contribution < 1.29 is 14.0 Å². The summed E-state index contributed by atoms with van der Waals surface area (Å²) in [7, 11) is 0. The number of benzene rings is 1. The molecule has 0 aliphatic carbocycles. The SMILES string of the molecule is Cl.O=C(Nc1ccc(NC(=O)[C@@H]2CCCNC2)cc1)c1ccco1. The normalized spacial score (nSPS) is 16.8. The molecule has 1 aliphatic rings. The fourth-order valence-corrected chi connectivity index (χ4v) is 2.56. The summed E-state index contributed by atoms with van der Waals surface area (Å²) in [6, 6.07) is 10.3. The monoisotopic (exact) mass is 349 g/mol. The standard InChI is InChI=1S/C17H19N3O3.ClH/c21-16(12-3-1-9-18-11-12)19-13-5-7-14(8-6-13)20-17(22)15-4-2-10-23-15;/h2,4-8,10,12,18H,1,3,9,11H2,(H,19,21)(H,20,22);1H/t12-;/m1./s1. The molecule has 3 N–H and O–H groups in total. The second-order valence-electron chi connectivity index (χ2n) is 5.54. The van der Waals surface area contributed by atoms with Gasteiger partial charge in [-0.05, 0) is 55.8 Å². The number of amides is 2. The maximum absolute atomic E-state index is 12.2. The Hall–Kier alpha value is -2.31. The van der Waals surface area contributed by atoms with Crippen LogP contribution in [0, 0.1) is 5.92 Å². The molecule has 0 bridgehead atoms. The van der Waals surface area contributed by atoms with Gasteiger partial charge >= 0.3 is 0 Å². The first-order chi connectivity index (χ1) is 11.2. The van der Waals surface area contributed by atoms with Crippen molar-refractivity contribution in [3.63, 3.8) is 0 Å². The third kappa shape index (κ3) is 4.59. The van der Waals surface area contributed by atoms with E-state index in [9.17, 15) is 9.59 Å². The van der Waals surface area contributed by atoms with E-state index in [4.69, 9.17) is 4.42 Å². The van der Waals surface area contributed by atoms with Gasteiger partial charge in [-0.25, -0.2) is 0 Å². The van der Waals surface area contributed by atoms with E-state index in [1.807, 2.05) is 0 Å². The average molecular weight is 350 g/mol. The van der Waals surface area contributed by atoms with E-state index in [0.29, 0.717) is 5.69 Å². The van der Waals surface area contributed by atoms with Crippen LogP contribution < -0.4 is 16.0 Å². The molecular weight excluding hydrogens is 330 g/mol. The van der Waals surface area contributed by atoms with Gasteiger partial charge in [-0.2, -0.15) is 0 Å².